The van der Waals surface area contributed by atoms with Crippen LogP contribution in [0.3, 0.4) is 0 Å². The van der Waals surface area contributed by atoms with E-state index in [2.05, 4.69) is 44.8 Å². The third kappa shape index (κ3) is 5.22. The molecular formula is C18H23IN4O2. The Hall–Kier alpha value is -2.03. The van der Waals surface area contributed by atoms with Gasteiger partial charge in [0.15, 0.2) is 5.96 Å². The van der Waals surface area contributed by atoms with Crippen molar-refractivity contribution >= 4 is 35.8 Å². The number of carbonyl (C=O) groups excluding carboxylic acids is 1. The molecule has 0 unspecified atom stereocenters. The average molecular weight is 454 g/mol. The second-order valence-electron chi connectivity index (χ2n) is 5.70. The summed E-state index contributed by atoms with van der Waals surface area (Å²) in [5.41, 5.74) is 2.70. The van der Waals surface area contributed by atoms with Crippen LogP contribution in [-0.2, 0) is 24.3 Å². The molecule has 1 amide bonds. The SMILES string of the molecule is CN=C(NCC(=O)NCc1ccco1)N1CCc2ccccc2C1.I. The van der Waals surface area contributed by atoms with Crippen LogP contribution in [0.5, 0.6) is 0 Å². The highest BCUT2D eigenvalue weighted by Crippen LogP contribution is 2.18. The molecule has 0 bridgehead atoms. The maximum atomic E-state index is 12.0. The molecule has 0 radical (unpaired) electrons. The number of aliphatic imine (C=N–C) groups is 1. The molecule has 2 N–H and O–H groups in total. The van der Waals surface area contributed by atoms with E-state index in [4.69, 9.17) is 4.42 Å². The fourth-order valence-corrected chi connectivity index (χ4v) is 2.83. The number of halogens is 1. The molecule has 1 aliphatic heterocycles. The van der Waals surface area contributed by atoms with Crippen molar-refractivity contribution in [2.45, 2.75) is 19.5 Å². The molecule has 2 heterocycles. The Labute approximate surface area is 164 Å². The number of hydrogen-bond acceptors (Lipinski definition) is 3. The molecule has 0 fully saturated rings. The van der Waals surface area contributed by atoms with E-state index >= 15 is 0 Å². The van der Waals surface area contributed by atoms with Gasteiger partial charge in [0.2, 0.25) is 5.91 Å². The van der Waals surface area contributed by atoms with Gasteiger partial charge in [0, 0.05) is 20.1 Å². The first-order valence-electron chi connectivity index (χ1n) is 8.07. The summed E-state index contributed by atoms with van der Waals surface area (Å²) < 4.78 is 5.19. The second kappa shape index (κ2) is 9.45. The summed E-state index contributed by atoms with van der Waals surface area (Å²) in [6.07, 6.45) is 2.58. The monoisotopic (exact) mass is 454 g/mol. The van der Waals surface area contributed by atoms with Crippen molar-refractivity contribution in [2.24, 2.45) is 4.99 Å². The number of fused-ring (bicyclic) bond motifs is 1. The minimum Gasteiger partial charge on any atom is -0.467 e. The summed E-state index contributed by atoms with van der Waals surface area (Å²) in [6.45, 7) is 2.28. The number of amides is 1. The van der Waals surface area contributed by atoms with Crippen LogP contribution in [-0.4, -0.2) is 36.9 Å². The van der Waals surface area contributed by atoms with Gasteiger partial charge >= 0.3 is 0 Å². The smallest absolute Gasteiger partial charge is 0.239 e. The number of benzene rings is 1. The topological polar surface area (TPSA) is 69.9 Å². The first-order valence-corrected chi connectivity index (χ1v) is 8.07. The molecule has 0 saturated heterocycles. The minimum absolute atomic E-state index is 0. The Morgan fingerprint density at radius 1 is 1.20 bits per heavy atom. The predicted molar refractivity (Wildman–Crippen MR) is 108 cm³/mol. The van der Waals surface area contributed by atoms with Crippen molar-refractivity contribution in [1.82, 2.24) is 15.5 Å². The van der Waals surface area contributed by atoms with Gasteiger partial charge in [0.05, 0.1) is 19.4 Å². The van der Waals surface area contributed by atoms with Gasteiger partial charge < -0.3 is 20.0 Å². The van der Waals surface area contributed by atoms with E-state index in [0.29, 0.717) is 6.54 Å². The molecule has 0 aliphatic carbocycles. The largest absolute Gasteiger partial charge is 0.467 e. The molecule has 1 aromatic heterocycles. The lowest BCUT2D eigenvalue weighted by molar-refractivity contribution is -0.120. The number of furan rings is 1. The Morgan fingerprint density at radius 2 is 2.00 bits per heavy atom. The summed E-state index contributed by atoms with van der Waals surface area (Å²) in [5.74, 6) is 1.39. The van der Waals surface area contributed by atoms with Crippen molar-refractivity contribution in [2.75, 3.05) is 20.1 Å². The molecule has 0 atom stereocenters. The number of nitrogens with one attached hydrogen (secondary N) is 2. The average Bonchev–Trinajstić information content (AvgIpc) is 3.14. The maximum absolute atomic E-state index is 12.0. The van der Waals surface area contributed by atoms with Gasteiger partial charge in [-0.15, -0.1) is 24.0 Å². The first kappa shape index (κ1) is 19.3. The Morgan fingerprint density at radius 3 is 2.72 bits per heavy atom. The number of guanidine groups is 1. The standard InChI is InChI=1S/C18H22N4O2.HI/c1-19-18(21-12-17(23)20-11-16-7-4-10-24-16)22-9-8-14-5-2-3-6-15(14)13-22;/h2-7,10H,8-9,11-13H2,1H3,(H,19,21)(H,20,23);1H. The zero-order chi connectivity index (χ0) is 16.8. The molecule has 0 saturated carbocycles. The first-order chi connectivity index (χ1) is 11.8. The summed E-state index contributed by atoms with van der Waals surface area (Å²) in [4.78, 5) is 18.4. The van der Waals surface area contributed by atoms with Crippen LogP contribution in [0, 0.1) is 0 Å². The van der Waals surface area contributed by atoms with Crippen molar-refractivity contribution in [3.63, 3.8) is 0 Å². The van der Waals surface area contributed by atoms with Crippen LogP contribution in [0.1, 0.15) is 16.9 Å². The summed E-state index contributed by atoms with van der Waals surface area (Å²) in [6, 6.07) is 12.1. The lowest BCUT2D eigenvalue weighted by Crippen LogP contribution is -2.47. The highest BCUT2D eigenvalue weighted by Gasteiger charge is 2.19. The van der Waals surface area contributed by atoms with Gasteiger partial charge in [-0.05, 0) is 29.7 Å². The zero-order valence-electron chi connectivity index (χ0n) is 14.2. The van der Waals surface area contributed by atoms with Crippen LogP contribution in [0.25, 0.3) is 0 Å². The molecule has 1 aromatic carbocycles. The predicted octanol–water partition coefficient (Wildman–Crippen LogP) is 2.15. The quantitative estimate of drug-likeness (QED) is 0.422. The number of rotatable bonds is 4. The van der Waals surface area contributed by atoms with Crippen molar-refractivity contribution in [3.8, 4) is 0 Å². The van der Waals surface area contributed by atoms with Gasteiger partial charge in [-0.25, -0.2) is 0 Å². The van der Waals surface area contributed by atoms with Gasteiger partial charge in [-0.1, -0.05) is 24.3 Å². The van der Waals surface area contributed by atoms with E-state index in [1.165, 1.54) is 11.1 Å². The Bertz CT molecular complexity index is 716. The molecule has 2 aromatic rings. The van der Waals surface area contributed by atoms with Crippen LogP contribution in [0.2, 0.25) is 0 Å². The van der Waals surface area contributed by atoms with E-state index in [1.807, 2.05) is 6.07 Å². The highest BCUT2D eigenvalue weighted by molar-refractivity contribution is 14.0. The van der Waals surface area contributed by atoms with Crippen LogP contribution >= 0.6 is 24.0 Å². The van der Waals surface area contributed by atoms with E-state index in [0.717, 1.165) is 31.2 Å². The van der Waals surface area contributed by atoms with E-state index in [1.54, 1.807) is 19.4 Å². The summed E-state index contributed by atoms with van der Waals surface area (Å²) in [7, 11) is 1.74. The van der Waals surface area contributed by atoms with E-state index < -0.39 is 0 Å². The van der Waals surface area contributed by atoms with Crippen LogP contribution in [0.15, 0.2) is 52.1 Å². The van der Waals surface area contributed by atoms with Gasteiger partial charge in [0.25, 0.3) is 0 Å². The zero-order valence-corrected chi connectivity index (χ0v) is 16.5. The molecule has 7 heteroatoms. The minimum atomic E-state index is -0.0926. The third-order valence-electron chi connectivity index (χ3n) is 4.09. The van der Waals surface area contributed by atoms with E-state index in [-0.39, 0.29) is 36.4 Å². The highest BCUT2D eigenvalue weighted by atomic mass is 127. The van der Waals surface area contributed by atoms with Gasteiger partial charge in [-0.3, -0.25) is 9.79 Å². The molecule has 1 aliphatic rings. The Balaban J connectivity index is 0.00000225. The number of carbonyl (C=O) groups is 1. The van der Waals surface area contributed by atoms with Crippen molar-refractivity contribution in [1.29, 1.82) is 0 Å². The lowest BCUT2D eigenvalue weighted by atomic mass is 10.0. The fourth-order valence-electron chi connectivity index (χ4n) is 2.83. The molecule has 134 valence electrons. The van der Waals surface area contributed by atoms with Gasteiger partial charge in [-0.2, -0.15) is 0 Å². The number of nitrogens with zero attached hydrogens (tertiary/aromatic N) is 2. The van der Waals surface area contributed by atoms with E-state index in [9.17, 15) is 4.79 Å². The summed E-state index contributed by atoms with van der Waals surface area (Å²) >= 11 is 0. The molecular weight excluding hydrogens is 431 g/mol. The number of hydrogen-bond donors (Lipinski definition) is 2. The van der Waals surface area contributed by atoms with Gasteiger partial charge in [0.1, 0.15) is 5.76 Å². The Kier molecular flexibility index (Phi) is 7.30. The van der Waals surface area contributed by atoms with Crippen molar-refractivity contribution in [3.05, 3.63) is 59.5 Å². The van der Waals surface area contributed by atoms with Crippen LogP contribution in [0.4, 0.5) is 0 Å². The summed E-state index contributed by atoms with van der Waals surface area (Å²) in [5, 5.41) is 5.95. The fraction of sp³-hybridized carbons (Fsp3) is 0.333. The molecule has 3 rings (SSSR count). The van der Waals surface area contributed by atoms with Crippen molar-refractivity contribution < 1.29 is 9.21 Å². The normalized spacial score (nSPS) is 13.6. The lowest BCUT2D eigenvalue weighted by Gasteiger charge is -2.31. The van der Waals surface area contributed by atoms with Crippen LogP contribution < -0.4 is 10.6 Å². The molecule has 25 heavy (non-hydrogen) atoms. The maximum Gasteiger partial charge on any atom is 0.239 e. The second-order valence-corrected chi connectivity index (χ2v) is 5.70. The third-order valence-corrected chi connectivity index (χ3v) is 4.09. The molecule has 6 nitrogen and oxygen atoms in total. The molecule has 0 spiro atoms.